The van der Waals surface area contributed by atoms with Crippen LogP contribution in [0.4, 0.5) is 11.4 Å². The highest BCUT2D eigenvalue weighted by Gasteiger charge is 2.18. The SMILES string of the molecule is Cc1ccc(-c2cc(-c3ccccc3)nc(SCC(=O)Nc3ccc(Cl)c([N+](=O)[O-])c3)c2C#N)cc1. The second-order valence-electron chi connectivity index (χ2n) is 7.84. The van der Waals surface area contributed by atoms with Crippen LogP contribution in [-0.4, -0.2) is 21.6 Å². The fraction of sp³-hybridized carbons (Fsp3) is 0.0741. The van der Waals surface area contributed by atoms with Gasteiger partial charge in [-0.15, -0.1) is 0 Å². The van der Waals surface area contributed by atoms with Crippen molar-refractivity contribution in [1.82, 2.24) is 4.98 Å². The van der Waals surface area contributed by atoms with Gasteiger partial charge in [0.1, 0.15) is 16.1 Å². The molecule has 36 heavy (non-hydrogen) atoms. The summed E-state index contributed by atoms with van der Waals surface area (Å²) in [6, 6.07) is 25.6. The summed E-state index contributed by atoms with van der Waals surface area (Å²) in [7, 11) is 0. The van der Waals surface area contributed by atoms with Crippen LogP contribution in [0.25, 0.3) is 22.4 Å². The molecule has 0 bridgehead atoms. The third-order valence-corrected chi connectivity index (χ3v) is 6.59. The van der Waals surface area contributed by atoms with E-state index in [1.165, 1.54) is 18.2 Å². The minimum Gasteiger partial charge on any atom is -0.325 e. The molecule has 0 radical (unpaired) electrons. The predicted molar refractivity (Wildman–Crippen MR) is 142 cm³/mol. The second kappa shape index (κ2) is 11.0. The van der Waals surface area contributed by atoms with Gasteiger partial charge >= 0.3 is 0 Å². The number of aromatic nitrogens is 1. The Balaban J connectivity index is 1.65. The second-order valence-corrected chi connectivity index (χ2v) is 9.21. The molecule has 0 saturated heterocycles. The number of nitrogens with zero attached hydrogens (tertiary/aromatic N) is 3. The normalized spacial score (nSPS) is 10.5. The van der Waals surface area contributed by atoms with Crippen LogP contribution >= 0.6 is 23.4 Å². The Morgan fingerprint density at radius 3 is 2.47 bits per heavy atom. The van der Waals surface area contributed by atoms with Gasteiger partial charge in [-0.05, 0) is 30.7 Å². The number of hydrogen-bond acceptors (Lipinski definition) is 6. The van der Waals surface area contributed by atoms with Gasteiger partial charge < -0.3 is 5.32 Å². The smallest absolute Gasteiger partial charge is 0.289 e. The number of rotatable bonds is 7. The van der Waals surface area contributed by atoms with Crippen molar-refractivity contribution in [3.8, 4) is 28.5 Å². The van der Waals surface area contributed by atoms with Crippen molar-refractivity contribution in [1.29, 1.82) is 5.26 Å². The number of amides is 1. The lowest BCUT2D eigenvalue weighted by atomic mass is 9.98. The van der Waals surface area contributed by atoms with Crippen molar-refractivity contribution >= 4 is 40.6 Å². The van der Waals surface area contributed by atoms with Crippen molar-refractivity contribution < 1.29 is 9.72 Å². The van der Waals surface area contributed by atoms with Gasteiger partial charge in [0, 0.05) is 22.9 Å². The van der Waals surface area contributed by atoms with Gasteiger partial charge in [-0.3, -0.25) is 14.9 Å². The summed E-state index contributed by atoms with van der Waals surface area (Å²) in [5, 5.41) is 24.2. The number of aryl methyl sites for hydroxylation is 1. The molecule has 0 atom stereocenters. The number of nitriles is 1. The Labute approximate surface area is 216 Å². The average Bonchev–Trinajstić information content (AvgIpc) is 2.89. The molecule has 1 aromatic heterocycles. The van der Waals surface area contributed by atoms with Crippen LogP contribution in [0.2, 0.25) is 5.02 Å². The van der Waals surface area contributed by atoms with Gasteiger partial charge in [-0.25, -0.2) is 4.98 Å². The standard InChI is InChI=1S/C27H19ClN4O3S/c1-17-7-9-18(10-8-17)21-14-24(19-5-3-2-4-6-19)31-27(22(21)15-29)36-16-26(33)30-20-11-12-23(28)25(13-20)32(34)35/h2-14H,16H2,1H3,(H,30,33). The lowest BCUT2D eigenvalue weighted by Gasteiger charge is -2.13. The van der Waals surface area contributed by atoms with Crippen LogP contribution in [0.15, 0.2) is 83.9 Å². The summed E-state index contributed by atoms with van der Waals surface area (Å²) < 4.78 is 0. The highest BCUT2D eigenvalue weighted by molar-refractivity contribution is 8.00. The number of nitrogens with one attached hydrogen (secondary N) is 1. The first-order valence-corrected chi connectivity index (χ1v) is 12.2. The Hall–Kier alpha value is -4.19. The molecule has 4 aromatic rings. The number of carbonyl (C=O) groups excluding carboxylic acids is 1. The maximum Gasteiger partial charge on any atom is 0.289 e. The van der Waals surface area contributed by atoms with E-state index in [1.807, 2.05) is 67.6 Å². The zero-order valence-electron chi connectivity index (χ0n) is 19.1. The molecular formula is C27H19ClN4O3S. The first kappa shape index (κ1) is 24.9. The summed E-state index contributed by atoms with van der Waals surface area (Å²) in [6.45, 7) is 1.99. The van der Waals surface area contributed by atoms with Gasteiger partial charge in [0.15, 0.2) is 0 Å². The molecule has 9 heteroatoms. The fourth-order valence-corrected chi connectivity index (χ4v) is 4.50. The van der Waals surface area contributed by atoms with Crippen molar-refractivity contribution in [2.24, 2.45) is 0 Å². The highest BCUT2D eigenvalue weighted by Crippen LogP contribution is 2.34. The molecule has 1 N–H and O–H groups in total. The molecule has 1 amide bonds. The van der Waals surface area contributed by atoms with Gasteiger partial charge in [0.05, 0.1) is 21.9 Å². The number of nitro benzene ring substituents is 1. The van der Waals surface area contributed by atoms with Crippen LogP contribution in [0.1, 0.15) is 11.1 Å². The molecular weight excluding hydrogens is 496 g/mol. The first-order chi connectivity index (χ1) is 17.4. The molecule has 0 unspecified atom stereocenters. The van der Waals surface area contributed by atoms with E-state index in [1.54, 1.807) is 0 Å². The summed E-state index contributed by atoms with van der Waals surface area (Å²) in [5.41, 5.74) is 4.59. The first-order valence-electron chi connectivity index (χ1n) is 10.8. The highest BCUT2D eigenvalue weighted by atomic mass is 35.5. The lowest BCUT2D eigenvalue weighted by Crippen LogP contribution is -2.14. The molecule has 0 aliphatic carbocycles. The van der Waals surface area contributed by atoms with E-state index >= 15 is 0 Å². The molecule has 0 spiro atoms. The number of nitro groups is 1. The molecule has 178 valence electrons. The molecule has 1 heterocycles. The Morgan fingerprint density at radius 2 is 1.81 bits per heavy atom. The third kappa shape index (κ3) is 5.71. The Morgan fingerprint density at radius 1 is 1.08 bits per heavy atom. The van der Waals surface area contributed by atoms with Crippen LogP contribution in [-0.2, 0) is 4.79 Å². The van der Waals surface area contributed by atoms with Crippen LogP contribution in [0, 0.1) is 28.4 Å². The molecule has 0 saturated carbocycles. The van der Waals surface area contributed by atoms with Gasteiger partial charge in [0.2, 0.25) is 5.91 Å². The van der Waals surface area contributed by atoms with Crippen LogP contribution in [0.3, 0.4) is 0 Å². The molecule has 4 rings (SSSR count). The Bertz CT molecular complexity index is 1490. The summed E-state index contributed by atoms with van der Waals surface area (Å²) >= 11 is 6.97. The zero-order valence-corrected chi connectivity index (χ0v) is 20.6. The van der Waals surface area contributed by atoms with Gasteiger partial charge in [-0.2, -0.15) is 5.26 Å². The van der Waals surface area contributed by atoms with Crippen molar-refractivity contribution in [3.63, 3.8) is 0 Å². The quantitative estimate of drug-likeness (QED) is 0.163. The zero-order chi connectivity index (χ0) is 25.7. The lowest BCUT2D eigenvalue weighted by molar-refractivity contribution is -0.384. The Kier molecular flexibility index (Phi) is 7.64. The van der Waals surface area contributed by atoms with E-state index < -0.39 is 10.8 Å². The minimum atomic E-state index is -0.614. The number of carbonyl (C=O) groups is 1. The molecule has 3 aromatic carbocycles. The summed E-state index contributed by atoms with van der Waals surface area (Å²) in [5.74, 6) is -0.451. The number of pyridine rings is 1. The monoisotopic (exact) mass is 514 g/mol. The predicted octanol–water partition coefficient (Wildman–Crippen LogP) is 6.89. The molecule has 0 fully saturated rings. The number of hydrogen-bond donors (Lipinski definition) is 1. The molecule has 0 aliphatic heterocycles. The summed E-state index contributed by atoms with van der Waals surface area (Å²) in [4.78, 5) is 27.9. The minimum absolute atomic E-state index is 0.0170. The third-order valence-electron chi connectivity index (χ3n) is 5.30. The summed E-state index contributed by atoms with van der Waals surface area (Å²) in [6.07, 6.45) is 0. The maximum absolute atomic E-state index is 12.7. The maximum atomic E-state index is 12.7. The largest absolute Gasteiger partial charge is 0.325 e. The number of thioether (sulfide) groups is 1. The number of anilines is 1. The molecule has 0 aliphatic rings. The molecule has 7 nitrogen and oxygen atoms in total. The van der Waals surface area contributed by atoms with Gasteiger partial charge in [-0.1, -0.05) is 83.5 Å². The van der Waals surface area contributed by atoms with Crippen molar-refractivity contribution in [2.75, 3.05) is 11.1 Å². The number of halogens is 1. The van der Waals surface area contributed by atoms with E-state index in [0.717, 1.165) is 34.0 Å². The topological polar surface area (TPSA) is 109 Å². The van der Waals surface area contributed by atoms with Crippen LogP contribution < -0.4 is 5.32 Å². The van der Waals surface area contributed by atoms with Crippen molar-refractivity contribution in [3.05, 3.63) is 105 Å². The van der Waals surface area contributed by atoms with Crippen LogP contribution in [0.5, 0.6) is 0 Å². The van der Waals surface area contributed by atoms with E-state index in [0.29, 0.717) is 16.3 Å². The average molecular weight is 515 g/mol. The van der Waals surface area contributed by atoms with E-state index in [-0.39, 0.29) is 22.2 Å². The van der Waals surface area contributed by atoms with Crippen molar-refractivity contribution in [2.45, 2.75) is 11.9 Å². The van der Waals surface area contributed by atoms with E-state index in [2.05, 4.69) is 11.4 Å². The van der Waals surface area contributed by atoms with E-state index in [9.17, 15) is 20.2 Å². The fourth-order valence-electron chi connectivity index (χ4n) is 3.51. The van der Waals surface area contributed by atoms with E-state index in [4.69, 9.17) is 16.6 Å². The van der Waals surface area contributed by atoms with Gasteiger partial charge in [0.25, 0.3) is 5.69 Å². The number of benzene rings is 3.